The summed E-state index contributed by atoms with van der Waals surface area (Å²) < 4.78 is 13.3. The second-order valence-corrected chi connectivity index (χ2v) is 6.98. The zero-order chi connectivity index (χ0) is 21.1. The van der Waals surface area contributed by atoms with Crippen LogP contribution in [0.5, 0.6) is 0 Å². The number of rotatable bonds is 9. The molecule has 0 fully saturated rings. The summed E-state index contributed by atoms with van der Waals surface area (Å²) in [7, 11) is 0. The Morgan fingerprint density at radius 3 is 2.43 bits per heavy atom. The lowest BCUT2D eigenvalue weighted by Gasteiger charge is -2.12. The number of carbonyl (C=O) groups is 1. The minimum absolute atomic E-state index is 0. The summed E-state index contributed by atoms with van der Waals surface area (Å²) in [6.07, 6.45) is 1.61. The van der Waals surface area contributed by atoms with Gasteiger partial charge in [0.05, 0.1) is 6.54 Å². The van der Waals surface area contributed by atoms with E-state index in [-0.39, 0.29) is 41.7 Å². The molecule has 0 aliphatic heterocycles. The van der Waals surface area contributed by atoms with Crippen LogP contribution in [-0.2, 0) is 13.0 Å². The van der Waals surface area contributed by atoms with E-state index in [2.05, 4.69) is 20.9 Å². The van der Waals surface area contributed by atoms with E-state index in [1.807, 2.05) is 51.1 Å². The highest BCUT2D eigenvalue weighted by Gasteiger charge is 2.08. The van der Waals surface area contributed by atoms with Crippen molar-refractivity contribution in [3.05, 3.63) is 71.0 Å². The Morgan fingerprint density at radius 1 is 1.07 bits per heavy atom. The zero-order valence-corrected chi connectivity index (χ0v) is 20.2. The standard InChI is InChI=1S/C23H31FN4O.HI/c1-4-17(3)28-22(29)20-11-9-19(10-12-20)16-27-23(25-5-2)26-14-13-18-7-6-8-21(24)15-18;/h6-12,15,17H,4-5,13-14,16H2,1-3H3,(H,28,29)(H2,25,26,27);1H. The molecule has 5 nitrogen and oxygen atoms in total. The molecule has 0 saturated heterocycles. The molecule has 164 valence electrons. The van der Waals surface area contributed by atoms with Gasteiger partial charge in [-0.2, -0.15) is 0 Å². The Hall–Kier alpha value is -2.16. The lowest BCUT2D eigenvalue weighted by Crippen LogP contribution is -2.38. The Bertz CT molecular complexity index is 811. The van der Waals surface area contributed by atoms with E-state index < -0.39 is 0 Å². The summed E-state index contributed by atoms with van der Waals surface area (Å²) in [4.78, 5) is 16.7. The van der Waals surface area contributed by atoms with Crippen LogP contribution in [-0.4, -0.2) is 31.0 Å². The lowest BCUT2D eigenvalue weighted by atomic mass is 10.1. The van der Waals surface area contributed by atoms with Gasteiger partial charge in [-0.1, -0.05) is 31.2 Å². The zero-order valence-electron chi connectivity index (χ0n) is 17.9. The van der Waals surface area contributed by atoms with Gasteiger partial charge in [0, 0.05) is 24.7 Å². The van der Waals surface area contributed by atoms with Crippen molar-refractivity contribution < 1.29 is 9.18 Å². The fraction of sp³-hybridized carbons (Fsp3) is 0.391. The van der Waals surface area contributed by atoms with E-state index in [0.717, 1.165) is 24.1 Å². The first-order valence-corrected chi connectivity index (χ1v) is 10.2. The van der Waals surface area contributed by atoms with Crippen molar-refractivity contribution in [2.24, 2.45) is 4.99 Å². The number of guanidine groups is 1. The normalized spacial score (nSPS) is 11.9. The van der Waals surface area contributed by atoms with Crippen molar-refractivity contribution in [1.82, 2.24) is 16.0 Å². The van der Waals surface area contributed by atoms with E-state index in [1.165, 1.54) is 6.07 Å². The molecule has 1 amide bonds. The highest BCUT2D eigenvalue weighted by Crippen LogP contribution is 2.07. The average molecular weight is 526 g/mol. The average Bonchev–Trinajstić information content (AvgIpc) is 2.72. The fourth-order valence-corrected chi connectivity index (χ4v) is 2.70. The Kier molecular flexibility index (Phi) is 12.0. The summed E-state index contributed by atoms with van der Waals surface area (Å²) in [5.41, 5.74) is 2.62. The number of hydrogen-bond donors (Lipinski definition) is 3. The van der Waals surface area contributed by atoms with Gasteiger partial charge >= 0.3 is 0 Å². The molecule has 2 aromatic carbocycles. The fourth-order valence-electron chi connectivity index (χ4n) is 2.70. The van der Waals surface area contributed by atoms with Crippen LogP contribution >= 0.6 is 24.0 Å². The predicted octanol–water partition coefficient (Wildman–Crippen LogP) is 4.27. The molecule has 0 aliphatic rings. The molecule has 30 heavy (non-hydrogen) atoms. The molecular weight excluding hydrogens is 494 g/mol. The highest BCUT2D eigenvalue weighted by molar-refractivity contribution is 14.0. The van der Waals surface area contributed by atoms with E-state index in [9.17, 15) is 9.18 Å². The van der Waals surface area contributed by atoms with Crippen molar-refractivity contribution in [1.29, 1.82) is 0 Å². The van der Waals surface area contributed by atoms with Crippen molar-refractivity contribution >= 4 is 35.8 Å². The SMILES string of the molecule is CCNC(=NCc1ccc(C(=O)NC(C)CC)cc1)NCCc1cccc(F)c1.I. The quantitative estimate of drug-likeness (QED) is 0.260. The number of nitrogens with zero attached hydrogens (tertiary/aromatic N) is 1. The largest absolute Gasteiger partial charge is 0.357 e. The minimum atomic E-state index is -0.218. The van der Waals surface area contributed by atoms with Gasteiger partial charge in [0.15, 0.2) is 5.96 Å². The van der Waals surface area contributed by atoms with Crippen LogP contribution in [0.2, 0.25) is 0 Å². The monoisotopic (exact) mass is 526 g/mol. The van der Waals surface area contributed by atoms with Crippen LogP contribution in [0, 0.1) is 5.82 Å². The minimum Gasteiger partial charge on any atom is -0.357 e. The molecule has 2 aromatic rings. The van der Waals surface area contributed by atoms with E-state index in [4.69, 9.17) is 0 Å². The third-order valence-electron chi connectivity index (χ3n) is 4.57. The van der Waals surface area contributed by atoms with Gasteiger partial charge in [-0.15, -0.1) is 24.0 Å². The highest BCUT2D eigenvalue weighted by atomic mass is 127. The Labute approximate surface area is 196 Å². The predicted molar refractivity (Wildman–Crippen MR) is 132 cm³/mol. The molecule has 3 N–H and O–H groups in total. The number of hydrogen-bond acceptors (Lipinski definition) is 2. The molecule has 0 aromatic heterocycles. The van der Waals surface area contributed by atoms with Crippen molar-refractivity contribution in [2.75, 3.05) is 13.1 Å². The van der Waals surface area contributed by atoms with Gasteiger partial charge in [0.25, 0.3) is 5.91 Å². The molecule has 0 aliphatic carbocycles. The summed E-state index contributed by atoms with van der Waals surface area (Å²) in [5.74, 6) is 0.439. The van der Waals surface area contributed by atoms with Gasteiger partial charge < -0.3 is 16.0 Å². The second kappa shape index (κ2) is 14.0. The van der Waals surface area contributed by atoms with E-state index in [1.54, 1.807) is 12.1 Å². The van der Waals surface area contributed by atoms with Crippen molar-refractivity contribution in [3.8, 4) is 0 Å². The van der Waals surface area contributed by atoms with Crippen molar-refractivity contribution in [2.45, 2.75) is 46.2 Å². The van der Waals surface area contributed by atoms with Crippen LogP contribution in [0.15, 0.2) is 53.5 Å². The van der Waals surface area contributed by atoms with Crippen LogP contribution in [0.4, 0.5) is 4.39 Å². The van der Waals surface area contributed by atoms with Gasteiger partial charge in [-0.3, -0.25) is 4.79 Å². The maximum atomic E-state index is 13.3. The van der Waals surface area contributed by atoms with Gasteiger partial charge in [0.2, 0.25) is 0 Å². The maximum Gasteiger partial charge on any atom is 0.251 e. The molecular formula is C23H32FIN4O. The van der Waals surface area contributed by atoms with Crippen LogP contribution in [0.3, 0.4) is 0 Å². The summed E-state index contributed by atoms with van der Waals surface area (Å²) in [6.45, 7) is 7.95. The van der Waals surface area contributed by atoms with Crippen LogP contribution in [0.1, 0.15) is 48.7 Å². The second-order valence-electron chi connectivity index (χ2n) is 6.98. The first-order chi connectivity index (χ1) is 14.0. The molecule has 0 radical (unpaired) electrons. The van der Waals surface area contributed by atoms with Gasteiger partial charge in [-0.25, -0.2) is 9.38 Å². The molecule has 0 saturated carbocycles. The smallest absolute Gasteiger partial charge is 0.251 e. The first-order valence-electron chi connectivity index (χ1n) is 10.2. The number of amides is 1. The van der Waals surface area contributed by atoms with Gasteiger partial charge in [-0.05, 0) is 62.1 Å². The number of carbonyl (C=O) groups excluding carboxylic acids is 1. The number of aliphatic imine (C=N–C) groups is 1. The number of benzene rings is 2. The van der Waals surface area contributed by atoms with Crippen LogP contribution in [0.25, 0.3) is 0 Å². The summed E-state index contributed by atoms with van der Waals surface area (Å²) >= 11 is 0. The third-order valence-corrected chi connectivity index (χ3v) is 4.57. The molecule has 1 unspecified atom stereocenters. The lowest BCUT2D eigenvalue weighted by molar-refractivity contribution is 0.0939. The number of nitrogens with one attached hydrogen (secondary N) is 3. The summed E-state index contributed by atoms with van der Waals surface area (Å²) in [5, 5.41) is 9.44. The maximum absolute atomic E-state index is 13.3. The molecule has 0 spiro atoms. The Morgan fingerprint density at radius 2 is 1.80 bits per heavy atom. The molecule has 7 heteroatoms. The first kappa shape index (κ1) is 25.9. The third kappa shape index (κ3) is 9.11. The molecule has 0 heterocycles. The number of halogens is 2. The van der Waals surface area contributed by atoms with Crippen LogP contribution < -0.4 is 16.0 Å². The van der Waals surface area contributed by atoms with E-state index >= 15 is 0 Å². The van der Waals surface area contributed by atoms with E-state index in [0.29, 0.717) is 31.0 Å². The Balaban J connectivity index is 0.00000450. The van der Waals surface area contributed by atoms with Gasteiger partial charge in [0.1, 0.15) is 5.82 Å². The van der Waals surface area contributed by atoms with Crippen molar-refractivity contribution in [3.63, 3.8) is 0 Å². The molecule has 2 rings (SSSR count). The molecule has 0 bridgehead atoms. The molecule has 1 atom stereocenters. The topological polar surface area (TPSA) is 65.5 Å². The summed E-state index contributed by atoms with van der Waals surface area (Å²) in [6, 6.07) is 14.3.